The lowest BCUT2D eigenvalue weighted by Gasteiger charge is -2.06. The molecule has 0 saturated heterocycles. The van der Waals surface area contributed by atoms with Crippen LogP contribution in [0.5, 0.6) is 5.75 Å². The molecule has 0 aliphatic rings. The van der Waals surface area contributed by atoms with Crippen LogP contribution in [0.15, 0.2) is 40.6 Å². The SMILES string of the molecule is COc1ccc(CCNS(=O)(=O)c2ccc(CN)s2)cc1. The molecule has 1 heterocycles. The second-order valence-corrected chi connectivity index (χ2v) is 7.58. The first kappa shape index (κ1) is 16.0. The fourth-order valence-corrected chi connectivity index (χ4v) is 4.12. The van der Waals surface area contributed by atoms with E-state index in [0.717, 1.165) is 16.2 Å². The van der Waals surface area contributed by atoms with Crippen molar-refractivity contribution in [3.05, 3.63) is 46.8 Å². The number of nitrogens with two attached hydrogens (primary N) is 1. The highest BCUT2D eigenvalue weighted by molar-refractivity contribution is 7.91. The Morgan fingerprint density at radius 3 is 2.48 bits per heavy atom. The fourth-order valence-electron chi connectivity index (χ4n) is 1.81. The molecule has 1 aromatic carbocycles. The van der Waals surface area contributed by atoms with E-state index in [9.17, 15) is 8.42 Å². The van der Waals surface area contributed by atoms with Gasteiger partial charge in [-0.2, -0.15) is 0 Å². The minimum absolute atomic E-state index is 0.303. The van der Waals surface area contributed by atoms with Crippen molar-refractivity contribution in [2.24, 2.45) is 5.73 Å². The van der Waals surface area contributed by atoms with Gasteiger partial charge in [0.2, 0.25) is 10.0 Å². The molecule has 7 heteroatoms. The molecular formula is C14H18N2O3S2. The number of nitrogens with one attached hydrogen (secondary N) is 1. The van der Waals surface area contributed by atoms with Gasteiger partial charge in [0.05, 0.1) is 7.11 Å². The van der Waals surface area contributed by atoms with E-state index in [1.165, 1.54) is 11.3 Å². The Bertz CT molecular complexity index is 678. The summed E-state index contributed by atoms with van der Waals surface area (Å²) in [5.74, 6) is 0.784. The molecule has 0 radical (unpaired) electrons. The van der Waals surface area contributed by atoms with Crippen LogP contribution in [0, 0.1) is 0 Å². The van der Waals surface area contributed by atoms with Crippen molar-refractivity contribution >= 4 is 21.4 Å². The van der Waals surface area contributed by atoms with Crippen LogP contribution in [0.1, 0.15) is 10.4 Å². The Labute approximate surface area is 128 Å². The topological polar surface area (TPSA) is 81.4 Å². The van der Waals surface area contributed by atoms with Gasteiger partial charge in [-0.3, -0.25) is 0 Å². The van der Waals surface area contributed by atoms with E-state index in [2.05, 4.69) is 4.72 Å². The molecule has 0 amide bonds. The third kappa shape index (κ3) is 4.28. The van der Waals surface area contributed by atoms with Crippen molar-refractivity contribution in [2.75, 3.05) is 13.7 Å². The largest absolute Gasteiger partial charge is 0.497 e. The first-order valence-corrected chi connectivity index (χ1v) is 8.76. The van der Waals surface area contributed by atoms with Crippen molar-refractivity contribution in [3.63, 3.8) is 0 Å². The molecular weight excluding hydrogens is 308 g/mol. The summed E-state index contributed by atoms with van der Waals surface area (Å²) in [4.78, 5) is 0.852. The lowest BCUT2D eigenvalue weighted by molar-refractivity contribution is 0.414. The van der Waals surface area contributed by atoms with Crippen LogP contribution >= 0.6 is 11.3 Å². The van der Waals surface area contributed by atoms with E-state index >= 15 is 0 Å². The maximum Gasteiger partial charge on any atom is 0.250 e. The Morgan fingerprint density at radius 1 is 1.19 bits per heavy atom. The number of rotatable bonds is 7. The average Bonchev–Trinajstić information content (AvgIpc) is 2.98. The molecule has 2 aromatic rings. The van der Waals surface area contributed by atoms with E-state index in [4.69, 9.17) is 10.5 Å². The van der Waals surface area contributed by atoms with Crippen molar-refractivity contribution in [3.8, 4) is 5.75 Å². The maximum atomic E-state index is 12.1. The van der Waals surface area contributed by atoms with E-state index in [0.29, 0.717) is 23.7 Å². The molecule has 0 atom stereocenters. The van der Waals surface area contributed by atoms with Crippen molar-refractivity contribution < 1.29 is 13.2 Å². The van der Waals surface area contributed by atoms with Crippen LogP contribution in [0.25, 0.3) is 0 Å². The molecule has 0 aliphatic carbocycles. The Balaban J connectivity index is 1.92. The van der Waals surface area contributed by atoms with Crippen LogP contribution in [-0.2, 0) is 23.0 Å². The molecule has 5 nitrogen and oxygen atoms in total. The predicted molar refractivity (Wildman–Crippen MR) is 84.1 cm³/mol. The Hall–Kier alpha value is -1.41. The van der Waals surface area contributed by atoms with Gasteiger partial charge in [-0.1, -0.05) is 12.1 Å². The molecule has 114 valence electrons. The molecule has 0 bridgehead atoms. The third-order valence-electron chi connectivity index (χ3n) is 2.97. The second-order valence-electron chi connectivity index (χ2n) is 4.42. The number of sulfonamides is 1. The summed E-state index contributed by atoms with van der Waals surface area (Å²) in [5.41, 5.74) is 6.54. The zero-order valence-corrected chi connectivity index (χ0v) is 13.3. The van der Waals surface area contributed by atoms with E-state index in [-0.39, 0.29) is 0 Å². The van der Waals surface area contributed by atoms with Gasteiger partial charge >= 0.3 is 0 Å². The summed E-state index contributed by atoms with van der Waals surface area (Å²) in [7, 11) is -1.83. The number of methoxy groups -OCH3 is 1. The van der Waals surface area contributed by atoms with Gasteiger partial charge in [-0.25, -0.2) is 13.1 Å². The summed E-state index contributed by atoms with van der Waals surface area (Å²) >= 11 is 1.20. The zero-order valence-electron chi connectivity index (χ0n) is 11.7. The molecule has 1 aromatic heterocycles. The summed E-state index contributed by atoms with van der Waals surface area (Å²) in [5, 5.41) is 0. The molecule has 0 fully saturated rings. The summed E-state index contributed by atoms with van der Waals surface area (Å²) in [6, 6.07) is 10.9. The van der Waals surface area contributed by atoms with Gasteiger partial charge in [0, 0.05) is 18.0 Å². The van der Waals surface area contributed by atoms with E-state index < -0.39 is 10.0 Å². The number of ether oxygens (including phenoxy) is 1. The van der Waals surface area contributed by atoms with Crippen LogP contribution in [0.2, 0.25) is 0 Å². The summed E-state index contributed by atoms with van der Waals surface area (Å²) in [6.45, 7) is 0.705. The maximum absolute atomic E-state index is 12.1. The lowest BCUT2D eigenvalue weighted by atomic mass is 10.1. The number of hydrogen-bond acceptors (Lipinski definition) is 5. The van der Waals surface area contributed by atoms with Gasteiger partial charge < -0.3 is 10.5 Å². The highest BCUT2D eigenvalue weighted by Gasteiger charge is 2.15. The van der Waals surface area contributed by atoms with E-state index in [1.807, 2.05) is 24.3 Å². The van der Waals surface area contributed by atoms with Gasteiger partial charge in [0.15, 0.2) is 0 Å². The van der Waals surface area contributed by atoms with Gasteiger partial charge in [-0.05, 0) is 36.2 Å². The second kappa shape index (κ2) is 7.04. The van der Waals surface area contributed by atoms with Crippen LogP contribution in [0.3, 0.4) is 0 Å². The van der Waals surface area contributed by atoms with Crippen molar-refractivity contribution in [1.29, 1.82) is 0 Å². The minimum atomic E-state index is -3.44. The number of thiophene rings is 1. The van der Waals surface area contributed by atoms with E-state index in [1.54, 1.807) is 19.2 Å². The monoisotopic (exact) mass is 326 g/mol. The smallest absolute Gasteiger partial charge is 0.250 e. The first-order valence-electron chi connectivity index (χ1n) is 6.46. The Morgan fingerprint density at radius 2 is 1.90 bits per heavy atom. The molecule has 0 aliphatic heterocycles. The van der Waals surface area contributed by atoms with Gasteiger partial charge in [0.1, 0.15) is 9.96 Å². The summed E-state index contributed by atoms with van der Waals surface area (Å²) < 4.78 is 32.2. The highest BCUT2D eigenvalue weighted by atomic mass is 32.2. The van der Waals surface area contributed by atoms with Crippen molar-refractivity contribution in [1.82, 2.24) is 4.72 Å². The average molecular weight is 326 g/mol. The highest BCUT2D eigenvalue weighted by Crippen LogP contribution is 2.20. The number of benzene rings is 1. The van der Waals surface area contributed by atoms with Crippen LogP contribution in [-0.4, -0.2) is 22.1 Å². The molecule has 0 saturated carbocycles. The molecule has 0 spiro atoms. The number of hydrogen-bond donors (Lipinski definition) is 2. The normalized spacial score (nSPS) is 11.5. The van der Waals surface area contributed by atoms with Gasteiger partial charge in [-0.15, -0.1) is 11.3 Å². The van der Waals surface area contributed by atoms with Crippen molar-refractivity contribution in [2.45, 2.75) is 17.2 Å². The van der Waals surface area contributed by atoms with Crippen LogP contribution < -0.4 is 15.2 Å². The fraction of sp³-hybridized carbons (Fsp3) is 0.286. The third-order valence-corrected chi connectivity index (χ3v) is 6.03. The lowest BCUT2D eigenvalue weighted by Crippen LogP contribution is -2.25. The molecule has 0 unspecified atom stereocenters. The van der Waals surface area contributed by atoms with Crippen LogP contribution in [0.4, 0.5) is 0 Å². The minimum Gasteiger partial charge on any atom is -0.497 e. The van der Waals surface area contributed by atoms with Gasteiger partial charge in [0.25, 0.3) is 0 Å². The predicted octanol–water partition coefficient (Wildman–Crippen LogP) is 1.74. The first-order chi connectivity index (χ1) is 10.0. The Kier molecular flexibility index (Phi) is 5.35. The standard InChI is InChI=1S/C14H18N2O3S2/c1-19-12-4-2-11(3-5-12)8-9-16-21(17,18)14-7-6-13(10-15)20-14/h2-7,16H,8-10,15H2,1H3. The molecule has 3 N–H and O–H groups in total. The molecule has 21 heavy (non-hydrogen) atoms. The quantitative estimate of drug-likeness (QED) is 0.812. The molecule has 2 rings (SSSR count). The zero-order chi connectivity index (χ0) is 15.3. The summed E-state index contributed by atoms with van der Waals surface area (Å²) in [6.07, 6.45) is 0.623.